The quantitative estimate of drug-likeness (QED) is 0.675. The van der Waals surface area contributed by atoms with Gasteiger partial charge in [0, 0.05) is 31.6 Å². The number of nitrogens with zero attached hydrogens (tertiary/aromatic N) is 2. The molecule has 1 saturated heterocycles. The van der Waals surface area contributed by atoms with Crippen molar-refractivity contribution < 1.29 is 9.53 Å². The highest BCUT2D eigenvalue weighted by Crippen LogP contribution is 2.25. The van der Waals surface area contributed by atoms with Gasteiger partial charge in [0.2, 0.25) is 0 Å². The second-order valence-corrected chi connectivity index (χ2v) is 8.22. The number of rotatable bonds is 8. The predicted molar refractivity (Wildman–Crippen MR) is 112 cm³/mol. The van der Waals surface area contributed by atoms with Crippen molar-refractivity contribution in [2.45, 2.75) is 58.1 Å². The molecule has 2 atom stereocenters. The van der Waals surface area contributed by atoms with Gasteiger partial charge < -0.3 is 9.64 Å². The van der Waals surface area contributed by atoms with E-state index in [1.165, 1.54) is 11.1 Å². The second kappa shape index (κ2) is 9.83. The molecule has 3 rings (SSSR count). The molecule has 0 saturated carbocycles. The molecule has 1 aromatic carbocycles. The minimum absolute atomic E-state index is 0.0833. The summed E-state index contributed by atoms with van der Waals surface area (Å²) in [5.74, 6) is 0.610. The Kier molecular flexibility index (Phi) is 7.21. The SMILES string of the molecule is CC(C)CC(C1CCCO1)N(C)C(=O)c1ccc(CCc2cccnc2)cc1. The van der Waals surface area contributed by atoms with Gasteiger partial charge in [-0.05, 0) is 67.3 Å². The molecule has 1 amide bonds. The number of hydrogen-bond acceptors (Lipinski definition) is 3. The summed E-state index contributed by atoms with van der Waals surface area (Å²) in [5, 5.41) is 0. The van der Waals surface area contributed by atoms with Gasteiger partial charge >= 0.3 is 0 Å². The fraction of sp³-hybridized carbons (Fsp3) is 0.500. The van der Waals surface area contributed by atoms with Crippen molar-refractivity contribution in [1.29, 1.82) is 0 Å². The molecule has 1 aromatic heterocycles. The second-order valence-electron chi connectivity index (χ2n) is 8.22. The highest BCUT2D eigenvalue weighted by Gasteiger charge is 2.32. The van der Waals surface area contributed by atoms with Crippen LogP contribution in [0, 0.1) is 5.92 Å². The fourth-order valence-electron chi connectivity index (χ4n) is 3.95. The summed E-state index contributed by atoms with van der Waals surface area (Å²) in [6.07, 6.45) is 8.87. The molecule has 0 spiro atoms. The summed E-state index contributed by atoms with van der Waals surface area (Å²) in [7, 11) is 1.92. The number of carbonyl (C=O) groups excluding carboxylic acids is 1. The van der Waals surface area contributed by atoms with Crippen LogP contribution < -0.4 is 0 Å². The maximum atomic E-state index is 13.1. The molecular weight excluding hydrogens is 348 g/mol. The number of pyridine rings is 1. The van der Waals surface area contributed by atoms with E-state index in [9.17, 15) is 4.79 Å². The van der Waals surface area contributed by atoms with Crippen molar-refractivity contribution in [1.82, 2.24) is 9.88 Å². The molecule has 0 radical (unpaired) electrons. The number of aryl methyl sites for hydroxylation is 2. The van der Waals surface area contributed by atoms with E-state index in [0.29, 0.717) is 5.92 Å². The number of aromatic nitrogens is 1. The number of amides is 1. The van der Waals surface area contributed by atoms with Gasteiger partial charge in [-0.3, -0.25) is 9.78 Å². The Morgan fingerprint density at radius 2 is 1.93 bits per heavy atom. The van der Waals surface area contributed by atoms with E-state index < -0.39 is 0 Å². The van der Waals surface area contributed by atoms with Crippen molar-refractivity contribution in [3.05, 3.63) is 65.5 Å². The third kappa shape index (κ3) is 5.41. The lowest BCUT2D eigenvalue weighted by atomic mass is 9.95. The lowest BCUT2D eigenvalue weighted by Gasteiger charge is -2.33. The van der Waals surface area contributed by atoms with Crippen LogP contribution >= 0.6 is 0 Å². The molecule has 2 aromatic rings. The van der Waals surface area contributed by atoms with Crippen molar-refractivity contribution >= 4 is 5.91 Å². The van der Waals surface area contributed by atoms with Crippen LogP contribution in [0.1, 0.15) is 54.6 Å². The zero-order valence-electron chi connectivity index (χ0n) is 17.3. The van der Waals surface area contributed by atoms with Gasteiger partial charge in [-0.15, -0.1) is 0 Å². The molecule has 4 heteroatoms. The molecule has 1 aliphatic heterocycles. The van der Waals surface area contributed by atoms with Crippen molar-refractivity contribution in [3.63, 3.8) is 0 Å². The van der Waals surface area contributed by atoms with Gasteiger partial charge in [0.25, 0.3) is 5.91 Å². The van der Waals surface area contributed by atoms with Crippen LogP contribution in [-0.2, 0) is 17.6 Å². The Balaban J connectivity index is 1.63. The Labute approximate surface area is 168 Å². The van der Waals surface area contributed by atoms with Crippen LogP contribution in [0.15, 0.2) is 48.8 Å². The molecule has 1 aliphatic rings. The standard InChI is InChI=1S/C24H32N2O2/c1-18(2)16-22(23-7-5-15-28-23)26(3)24(27)21-12-10-19(11-13-21)8-9-20-6-4-14-25-17-20/h4,6,10-14,17-18,22-23H,5,7-9,15-16H2,1-3H3. The Morgan fingerprint density at radius 1 is 1.18 bits per heavy atom. The Bertz CT molecular complexity index is 737. The van der Waals surface area contributed by atoms with E-state index in [-0.39, 0.29) is 18.1 Å². The molecule has 2 unspecified atom stereocenters. The van der Waals surface area contributed by atoms with Crippen LogP contribution in [0.25, 0.3) is 0 Å². The van der Waals surface area contributed by atoms with E-state index >= 15 is 0 Å². The fourth-order valence-corrected chi connectivity index (χ4v) is 3.95. The smallest absolute Gasteiger partial charge is 0.253 e. The highest BCUT2D eigenvalue weighted by molar-refractivity contribution is 5.94. The van der Waals surface area contributed by atoms with Crippen molar-refractivity contribution in [2.75, 3.05) is 13.7 Å². The topological polar surface area (TPSA) is 42.4 Å². The summed E-state index contributed by atoms with van der Waals surface area (Å²) in [5.41, 5.74) is 3.22. The Hall–Kier alpha value is -2.20. The molecule has 0 bridgehead atoms. The van der Waals surface area contributed by atoms with Crippen LogP contribution in [-0.4, -0.2) is 41.6 Å². The zero-order valence-corrected chi connectivity index (χ0v) is 17.3. The van der Waals surface area contributed by atoms with Gasteiger partial charge in [-0.1, -0.05) is 32.0 Å². The van der Waals surface area contributed by atoms with Gasteiger partial charge in [0.1, 0.15) is 0 Å². The lowest BCUT2D eigenvalue weighted by molar-refractivity contribution is 0.0222. The molecule has 150 valence electrons. The van der Waals surface area contributed by atoms with Crippen LogP contribution in [0.4, 0.5) is 0 Å². The third-order valence-electron chi connectivity index (χ3n) is 5.55. The summed E-state index contributed by atoms with van der Waals surface area (Å²) >= 11 is 0. The van der Waals surface area contributed by atoms with Crippen LogP contribution in [0.5, 0.6) is 0 Å². The maximum absolute atomic E-state index is 13.1. The van der Waals surface area contributed by atoms with Crippen LogP contribution in [0.2, 0.25) is 0 Å². The minimum Gasteiger partial charge on any atom is -0.376 e. The Morgan fingerprint density at radius 3 is 2.54 bits per heavy atom. The monoisotopic (exact) mass is 380 g/mol. The van der Waals surface area contributed by atoms with Gasteiger partial charge in [-0.25, -0.2) is 0 Å². The number of carbonyl (C=O) groups is 1. The number of hydrogen-bond donors (Lipinski definition) is 0. The highest BCUT2D eigenvalue weighted by atomic mass is 16.5. The first kappa shape index (κ1) is 20.5. The summed E-state index contributed by atoms with van der Waals surface area (Å²) in [4.78, 5) is 19.1. The zero-order chi connectivity index (χ0) is 19.9. The average Bonchev–Trinajstić information content (AvgIpc) is 3.25. The molecular formula is C24H32N2O2. The molecule has 1 fully saturated rings. The van der Waals surface area contributed by atoms with Gasteiger partial charge in [0.15, 0.2) is 0 Å². The average molecular weight is 381 g/mol. The van der Waals surface area contributed by atoms with Crippen molar-refractivity contribution in [3.8, 4) is 0 Å². The van der Waals surface area contributed by atoms with Gasteiger partial charge in [0.05, 0.1) is 12.1 Å². The van der Waals surface area contributed by atoms with Crippen LogP contribution in [0.3, 0.4) is 0 Å². The lowest BCUT2D eigenvalue weighted by Crippen LogP contribution is -2.45. The van der Waals surface area contributed by atoms with E-state index in [0.717, 1.165) is 44.3 Å². The largest absolute Gasteiger partial charge is 0.376 e. The van der Waals surface area contributed by atoms with E-state index in [2.05, 4.69) is 37.0 Å². The summed E-state index contributed by atoms with van der Waals surface area (Å²) < 4.78 is 5.92. The molecule has 0 aliphatic carbocycles. The van der Waals surface area contributed by atoms with Gasteiger partial charge in [-0.2, -0.15) is 0 Å². The maximum Gasteiger partial charge on any atom is 0.253 e. The summed E-state index contributed by atoms with van der Waals surface area (Å²) in [6, 6.07) is 12.3. The normalized spacial score (nSPS) is 17.6. The third-order valence-corrected chi connectivity index (χ3v) is 5.55. The number of benzene rings is 1. The molecule has 2 heterocycles. The predicted octanol–water partition coefficient (Wildman–Crippen LogP) is 4.53. The molecule has 4 nitrogen and oxygen atoms in total. The first-order chi connectivity index (χ1) is 13.5. The van der Waals surface area contributed by atoms with E-state index in [1.807, 2.05) is 36.3 Å². The van der Waals surface area contributed by atoms with Crippen molar-refractivity contribution in [2.24, 2.45) is 5.92 Å². The first-order valence-electron chi connectivity index (χ1n) is 10.4. The number of ether oxygens (including phenoxy) is 1. The first-order valence-corrected chi connectivity index (χ1v) is 10.4. The molecule has 28 heavy (non-hydrogen) atoms. The minimum atomic E-state index is 0.0833. The number of likely N-dealkylation sites (N-methyl/N-ethyl adjacent to an activating group) is 1. The van der Waals surface area contributed by atoms with E-state index in [1.54, 1.807) is 6.20 Å². The summed E-state index contributed by atoms with van der Waals surface area (Å²) in [6.45, 7) is 5.22. The van der Waals surface area contributed by atoms with E-state index in [4.69, 9.17) is 4.74 Å². The molecule has 0 N–H and O–H groups in total.